The van der Waals surface area contributed by atoms with Crippen LogP contribution in [0, 0.1) is 0 Å². The van der Waals surface area contributed by atoms with E-state index in [0.29, 0.717) is 16.6 Å². The normalized spacial score (nSPS) is 12.9. The fourth-order valence-electron chi connectivity index (χ4n) is 3.98. The van der Waals surface area contributed by atoms with Crippen molar-refractivity contribution < 1.29 is 4.43 Å². The molecule has 0 saturated heterocycles. The van der Waals surface area contributed by atoms with Crippen molar-refractivity contribution in [1.82, 2.24) is 0 Å². The Balaban J connectivity index is 3.95. The lowest BCUT2D eigenvalue weighted by Crippen LogP contribution is -2.47. The van der Waals surface area contributed by atoms with Crippen LogP contribution in [-0.4, -0.2) is 14.9 Å². The molecule has 0 atom stereocenters. The molecule has 0 aromatic rings. The molecule has 0 heterocycles. The molecule has 21 heavy (non-hydrogen) atoms. The van der Waals surface area contributed by atoms with E-state index in [0.717, 1.165) is 6.61 Å². The van der Waals surface area contributed by atoms with Gasteiger partial charge in [-0.3, -0.25) is 0 Å². The van der Waals surface area contributed by atoms with Crippen LogP contribution in [0.3, 0.4) is 0 Å². The maximum Gasteiger partial charge on any atom is 0.200 e. The lowest BCUT2D eigenvalue weighted by molar-refractivity contribution is 0.267. The molecule has 0 rings (SSSR count). The van der Waals surface area contributed by atoms with Crippen LogP contribution in [0.5, 0.6) is 0 Å². The molecule has 0 saturated carbocycles. The van der Waals surface area contributed by atoms with Gasteiger partial charge < -0.3 is 4.43 Å². The Labute approximate surface area is 136 Å². The van der Waals surface area contributed by atoms with Gasteiger partial charge in [-0.1, -0.05) is 93.4 Å². The highest BCUT2D eigenvalue weighted by Crippen LogP contribution is 2.42. The van der Waals surface area contributed by atoms with Crippen LogP contribution in [0.25, 0.3) is 0 Å². The second-order valence-corrected chi connectivity index (χ2v) is 13.1. The van der Waals surface area contributed by atoms with E-state index in [1.165, 1.54) is 51.4 Å². The molecular formula is C19H42OSi. The molecule has 0 aromatic heterocycles. The van der Waals surface area contributed by atoms with Crippen LogP contribution in [0.4, 0.5) is 0 Å². The molecule has 2 heteroatoms. The van der Waals surface area contributed by atoms with Crippen molar-refractivity contribution >= 4 is 8.32 Å². The molecule has 0 aliphatic rings. The van der Waals surface area contributed by atoms with Crippen molar-refractivity contribution in [2.45, 2.75) is 116 Å². The lowest BCUT2D eigenvalue weighted by Gasteiger charge is -2.42. The molecule has 0 radical (unpaired) electrons. The minimum absolute atomic E-state index is 0.714. The summed E-state index contributed by atoms with van der Waals surface area (Å²) in [5.41, 5.74) is 2.14. The first kappa shape index (κ1) is 21.2. The van der Waals surface area contributed by atoms with Crippen LogP contribution in [0.1, 0.15) is 99.8 Å². The Bertz CT molecular complexity index is 214. The zero-order valence-electron chi connectivity index (χ0n) is 16.0. The van der Waals surface area contributed by atoms with Crippen LogP contribution < -0.4 is 0 Å². The predicted molar refractivity (Wildman–Crippen MR) is 99.6 cm³/mol. The van der Waals surface area contributed by atoms with Crippen LogP contribution in [0.2, 0.25) is 16.6 Å². The standard InChI is InChI=1S/C19H42OSi/c1-8-9-10-11-12-13-14-15-16-20-21(17(2)3,18(4)5)19(6)7/h17-19H,8-16H2,1-7H3. The van der Waals surface area contributed by atoms with Gasteiger partial charge in [0, 0.05) is 6.61 Å². The van der Waals surface area contributed by atoms with Crippen molar-refractivity contribution in [3.8, 4) is 0 Å². The maximum absolute atomic E-state index is 6.60. The van der Waals surface area contributed by atoms with Gasteiger partial charge in [0.05, 0.1) is 0 Å². The summed E-state index contributed by atoms with van der Waals surface area (Å²) in [4.78, 5) is 0. The minimum Gasteiger partial charge on any atom is -0.416 e. The molecule has 0 N–H and O–H groups in total. The average molecular weight is 315 g/mol. The van der Waals surface area contributed by atoms with E-state index in [1.807, 2.05) is 0 Å². The van der Waals surface area contributed by atoms with Crippen LogP contribution in [0.15, 0.2) is 0 Å². The minimum atomic E-state index is -1.61. The highest BCUT2D eigenvalue weighted by molar-refractivity contribution is 6.77. The monoisotopic (exact) mass is 314 g/mol. The number of hydrogen-bond acceptors (Lipinski definition) is 1. The Kier molecular flexibility index (Phi) is 11.8. The molecule has 1 nitrogen and oxygen atoms in total. The van der Waals surface area contributed by atoms with Crippen molar-refractivity contribution in [3.05, 3.63) is 0 Å². The summed E-state index contributed by atoms with van der Waals surface area (Å²) in [6.07, 6.45) is 11.0. The quantitative estimate of drug-likeness (QED) is 0.255. The number of hydrogen-bond donors (Lipinski definition) is 0. The van der Waals surface area contributed by atoms with Crippen molar-refractivity contribution in [3.63, 3.8) is 0 Å². The van der Waals surface area contributed by atoms with Crippen LogP contribution in [-0.2, 0) is 4.43 Å². The summed E-state index contributed by atoms with van der Waals surface area (Å²) in [6, 6.07) is 0. The first-order valence-electron chi connectivity index (χ1n) is 9.53. The Morgan fingerprint density at radius 1 is 0.619 bits per heavy atom. The molecule has 0 aliphatic heterocycles. The second-order valence-electron chi connectivity index (χ2n) is 7.64. The van der Waals surface area contributed by atoms with Crippen molar-refractivity contribution in [2.24, 2.45) is 0 Å². The predicted octanol–water partition coefficient (Wildman–Crippen LogP) is 7.32. The van der Waals surface area contributed by atoms with E-state index >= 15 is 0 Å². The first-order chi connectivity index (χ1) is 9.89. The molecule has 0 amide bonds. The third-order valence-electron chi connectivity index (χ3n) is 5.06. The van der Waals surface area contributed by atoms with Gasteiger partial charge in [0.15, 0.2) is 8.32 Å². The summed E-state index contributed by atoms with van der Waals surface area (Å²) in [6.45, 7) is 17.5. The second kappa shape index (κ2) is 11.7. The Hall–Kier alpha value is 0.177. The van der Waals surface area contributed by atoms with E-state index in [4.69, 9.17) is 4.43 Å². The van der Waals surface area contributed by atoms with E-state index < -0.39 is 8.32 Å². The van der Waals surface area contributed by atoms with Gasteiger partial charge in [-0.25, -0.2) is 0 Å². The van der Waals surface area contributed by atoms with Gasteiger partial charge in [-0.05, 0) is 23.0 Å². The number of rotatable bonds is 13. The lowest BCUT2D eigenvalue weighted by atomic mass is 10.1. The highest BCUT2D eigenvalue weighted by Gasteiger charge is 2.44. The molecular weight excluding hydrogens is 272 g/mol. The molecule has 0 fully saturated rings. The Morgan fingerprint density at radius 2 is 1.00 bits per heavy atom. The fourth-order valence-corrected chi connectivity index (χ4v) is 9.48. The smallest absolute Gasteiger partial charge is 0.200 e. The van der Waals surface area contributed by atoms with Crippen LogP contribution >= 0.6 is 0 Å². The highest BCUT2D eigenvalue weighted by atomic mass is 28.4. The summed E-state index contributed by atoms with van der Waals surface area (Å²) in [5, 5.41) is 0. The van der Waals surface area contributed by atoms with Crippen molar-refractivity contribution in [2.75, 3.05) is 6.61 Å². The first-order valence-corrected chi connectivity index (χ1v) is 11.7. The SMILES string of the molecule is CCCCCCCCCCO[Si](C(C)C)(C(C)C)C(C)C. The van der Waals surface area contributed by atoms with Gasteiger partial charge >= 0.3 is 0 Å². The largest absolute Gasteiger partial charge is 0.416 e. The molecule has 0 unspecified atom stereocenters. The zero-order chi connectivity index (χ0) is 16.3. The molecule has 0 bridgehead atoms. The average Bonchev–Trinajstić information content (AvgIpc) is 2.39. The Morgan fingerprint density at radius 3 is 1.38 bits per heavy atom. The van der Waals surface area contributed by atoms with Gasteiger partial charge in [-0.2, -0.15) is 0 Å². The summed E-state index contributed by atoms with van der Waals surface area (Å²) >= 11 is 0. The van der Waals surface area contributed by atoms with Gasteiger partial charge in [0.1, 0.15) is 0 Å². The van der Waals surface area contributed by atoms with Gasteiger partial charge in [0.2, 0.25) is 0 Å². The summed E-state index contributed by atoms with van der Waals surface area (Å²) < 4.78 is 6.60. The summed E-state index contributed by atoms with van der Waals surface area (Å²) in [5.74, 6) is 0. The van der Waals surface area contributed by atoms with E-state index in [2.05, 4.69) is 48.5 Å². The summed E-state index contributed by atoms with van der Waals surface area (Å²) in [7, 11) is -1.61. The van der Waals surface area contributed by atoms with E-state index in [1.54, 1.807) is 0 Å². The molecule has 128 valence electrons. The molecule has 0 spiro atoms. The third kappa shape index (κ3) is 7.32. The van der Waals surface area contributed by atoms with E-state index in [9.17, 15) is 0 Å². The zero-order valence-corrected chi connectivity index (χ0v) is 17.0. The van der Waals surface area contributed by atoms with E-state index in [-0.39, 0.29) is 0 Å². The number of unbranched alkanes of at least 4 members (excludes halogenated alkanes) is 7. The fraction of sp³-hybridized carbons (Fsp3) is 1.00. The maximum atomic E-state index is 6.60. The molecule has 0 aliphatic carbocycles. The topological polar surface area (TPSA) is 9.23 Å². The molecule has 0 aromatic carbocycles. The third-order valence-corrected chi connectivity index (χ3v) is 11.2. The van der Waals surface area contributed by atoms with Gasteiger partial charge in [-0.15, -0.1) is 0 Å². The van der Waals surface area contributed by atoms with Crippen molar-refractivity contribution in [1.29, 1.82) is 0 Å². The van der Waals surface area contributed by atoms with Gasteiger partial charge in [0.25, 0.3) is 0 Å².